The Balaban J connectivity index is 2.09. The van der Waals surface area contributed by atoms with Crippen molar-refractivity contribution in [3.05, 3.63) is 41.2 Å². The van der Waals surface area contributed by atoms with Gasteiger partial charge in [0.1, 0.15) is 0 Å². The van der Waals surface area contributed by atoms with Crippen molar-refractivity contribution in [1.29, 1.82) is 0 Å². The molecule has 20 heavy (non-hydrogen) atoms. The Bertz CT molecular complexity index is 607. The van der Waals surface area contributed by atoms with Crippen LogP contribution in [0.5, 0.6) is 0 Å². The van der Waals surface area contributed by atoms with Gasteiger partial charge in [-0.2, -0.15) is 5.10 Å². The molecule has 0 amide bonds. The summed E-state index contributed by atoms with van der Waals surface area (Å²) in [5.41, 5.74) is 6.47. The van der Waals surface area contributed by atoms with Gasteiger partial charge in [-0.05, 0) is 38.8 Å². The molecule has 0 spiro atoms. The van der Waals surface area contributed by atoms with E-state index in [0.29, 0.717) is 5.92 Å². The topological polar surface area (TPSA) is 29.9 Å². The molecule has 1 saturated heterocycles. The molecule has 3 rings (SSSR count). The summed E-state index contributed by atoms with van der Waals surface area (Å²) in [6, 6.07) is 8.76. The molecule has 0 saturated carbocycles. The highest BCUT2D eigenvalue weighted by Gasteiger charge is 2.24. The highest BCUT2D eigenvalue weighted by atomic mass is 15.3. The first kappa shape index (κ1) is 13.4. The maximum atomic E-state index is 4.82. The number of hydrogen-bond donors (Lipinski definition) is 1. The van der Waals surface area contributed by atoms with Crippen molar-refractivity contribution in [2.75, 3.05) is 13.1 Å². The Hall–Kier alpha value is -1.61. The Kier molecular flexibility index (Phi) is 3.62. The number of hydrogen-bond acceptors (Lipinski definition) is 2. The molecule has 2 heterocycles. The summed E-state index contributed by atoms with van der Waals surface area (Å²) in [5.74, 6) is 0.541. The third kappa shape index (κ3) is 2.38. The second kappa shape index (κ2) is 5.41. The summed E-state index contributed by atoms with van der Waals surface area (Å²) < 4.78 is 2.03. The summed E-state index contributed by atoms with van der Waals surface area (Å²) in [7, 11) is 2.05. The first-order chi connectivity index (χ1) is 9.66. The monoisotopic (exact) mass is 269 g/mol. The third-order valence-corrected chi connectivity index (χ3v) is 4.35. The molecule has 1 aromatic heterocycles. The summed E-state index contributed by atoms with van der Waals surface area (Å²) in [6.45, 7) is 6.51. The average Bonchev–Trinajstić information content (AvgIpc) is 2.76. The van der Waals surface area contributed by atoms with E-state index in [-0.39, 0.29) is 0 Å². The SMILES string of the molecule is Cc1cccc(-c2c(C3CCCNC3)nn(C)c2C)c1. The zero-order chi connectivity index (χ0) is 14.1. The number of piperidine rings is 1. The minimum Gasteiger partial charge on any atom is -0.316 e. The summed E-state index contributed by atoms with van der Waals surface area (Å²) >= 11 is 0. The maximum absolute atomic E-state index is 4.82. The molecule has 1 N–H and O–H groups in total. The fraction of sp³-hybridized carbons (Fsp3) is 0.471. The molecule has 3 heteroatoms. The Morgan fingerprint density at radius 3 is 2.85 bits per heavy atom. The number of nitrogens with zero attached hydrogens (tertiary/aromatic N) is 2. The van der Waals surface area contributed by atoms with Crippen LogP contribution < -0.4 is 5.32 Å². The Labute approximate surface area is 121 Å². The van der Waals surface area contributed by atoms with Gasteiger partial charge in [0.05, 0.1) is 5.69 Å². The average molecular weight is 269 g/mol. The lowest BCUT2D eigenvalue weighted by molar-refractivity contribution is 0.452. The Morgan fingerprint density at radius 2 is 2.15 bits per heavy atom. The smallest absolute Gasteiger partial charge is 0.0749 e. The predicted molar refractivity (Wildman–Crippen MR) is 83.0 cm³/mol. The largest absolute Gasteiger partial charge is 0.316 e. The lowest BCUT2D eigenvalue weighted by Crippen LogP contribution is -2.28. The molecular formula is C17H23N3. The number of aromatic nitrogens is 2. The van der Waals surface area contributed by atoms with Crippen LogP contribution in [0, 0.1) is 13.8 Å². The fourth-order valence-corrected chi connectivity index (χ4v) is 3.16. The van der Waals surface area contributed by atoms with Gasteiger partial charge in [0, 0.05) is 30.8 Å². The lowest BCUT2D eigenvalue weighted by atomic mass is 9.90. The van der Waals surface area contributed by atoms with E-state index >= 15 is 0 Å². The molecule has 1 aliphatic heterocycles. The first-order valence-electron chi connectivity index (χ1n) is 7.48. The van der Waals surface area contributed by atoms with Crippen LogP contribution in [0.3, 0.4) is 0 Å². The molecular weight excluding hydrogens is 246 g/mol. The zero-order valence-electron chi connectivity index (χ0n) is 12.6. The van der Waals surface area contributed by atoms with E-state index in [0.717, 1.165) is 13.1 Å². The van der Waals surface area contributed by atoms with Crippen LogP contribution in [0.15, 0.2) is 24.3 Å². The minimum atomic E-state index is 0.541. The molecule has 106 valence electrons. The van der Waals surface area contributed by atoms with Crippen LogP contribution >= 0.6 is 0 Å². The normalized spacial score (nSPS) is 19.2. The van der Waals surface area contributed by atoms with Crippen molar-refractivity contribution in [3.63, 3.8) is 0 Å². The van der Waals surface area contributed by atoms with Crippen LogP contribution in [-0.2, 0) is 7.05 Å². The van der Waals surface area contributed by atoms with Crippen LogP contribution in [-0.4, -0.2) is 22.9 Å². The standard InChI is InChI=1S/C17H23N3/c1-12-6-4-7-14(10-12)16-13(2)20(3)19-17(16)15-8-5-9-18-11-15/h4,6-7,10,15,18H,5,8-9,11H2,1-3H3. The fourth-order valence-electron chi connectivity index (χ4n) is 3.16. The van der Waals surface area contributed by atoms with Crippen molar-refractivity contribution >= 4 is 0 Å². The highest BCUT2D eigenvalue weighted by molar-refractivity contribution is 5.70. The van der Waals surface area contributed by atoms with Crippen LogP contribution in [0.1, 0.15) is 35.7 Å². The van der Waals surface area contributed by atoms with E-state index < -0.39 is 0 Å². The number of rotatable bonds is 2. The van der Waals surface area contributed by atoms with Crippen LogP contribution in [0.2, 0.25) is 0 Å². The van der Waals surface area contributed by atoms with E-state index in [4.69, 9.17) is 5.10 Å². The van der Waals surface area contributed by atoms with Crippen molar-refractivity contribution in [3.8, 4) is 11.1 Å². The first-order valence-corrected chi connectivity index (χ1v) is 7.48. The van der Waals surface area contributed by atoms with Gasteiger partial charge in [-0.3, -0.25) is 4.68 Å². The van der Waals surface area contributed by atoms with Crippen molar-refractivity contribution < 1.29 is 0 Å². The van der Waals surface area contributed by atoms with Crippen molar-refractivity contribution in [2.24, 2.45) is 7.05 Å². The lowest BCUT2D eigenvalue weighted by Gasteiger charge is -2.22. The maximum Gasteiger partial charge on any atom is 0.0749 e. The molecule has 2 aromatic rings. The Morgan fingerprint density at radius 1 is 1.30 bits per heavy atom. The molecule has 0 bridgehead atoms. The third-order valence-electron chi connectivity index (χ3n) is 4.35. The summed E-state index contributed by atoms with van der Waals surface area (Å²) in [6.07, 6.45) is 2.48. The highest BCUT2D eigenvalue weighted by Crippen LogP contribution is 2.34. The second-order valence-electron chi connectivity index (χ2n) is 5.88. The molecule has 1 aliphatic rings. The zero-order valence-corrected chi connectivity index (χ0v) is 12.6. The predicted octanol–water partition coefficient (Wildman–Crippen LogP) is 3.17. The molecule has 1 aromatic carbocycles. The summed E-state index contributed by atoms with van der Waals surface area (Å²) in [5, 5.41) is 8.32. The molecule has 1 atom stereocenters. The van der Waals surface area contributed by atoms with E-state index in [1.165, 1.54) is 40.9 Å². The molecule has 0 aliphatic carbocycles. The van der Waals surface area contributed by atoms with Gasteiger partial charge in [0.2, 0.25) is 0 Å². The van der Waals surface area contributed by atoms with Gasteiger partial charge >= 0.3 is 0 Å². The molecule has 0 radical (unpaired) electrons. The van der Waals surface area contributed by atoms with E-state index in [1.54, 1.807) is 0 Å². The number of nitrogens with one attached hydrogen (secondary N) is 1. The molecule has 3 nitrogen and oxygen atoms in total. The second-order valence-corrected chi connectivity index (χ2v) is 5.88. The van der Waals surface area contributed by atoms with Gasteiger partial charge in [0.15, 0.2) is 0 Å². The minimum absolute atomic E-state index is 0.541. The van der Waals surface area contributed by atoms with Crippen molar-refractivity contribution in [2.45, 2.75) is 32.6 Å². The van der Waals surface area contributed by atoms with E-state index in [9.17, 15) is 0 Å². The van der Waals surface area contributed by atoms with Gasteiger partial charge in [-0.15, -0.1) is 0 Å². The number of aryl methyl sites for hydroxylation is 2. The van der Waals surface area contributed by atoms with Gasteiger partial charge < -0.3 is 5.32 Å². The van der Waals surface area contributed by atoms with Crippen LogP contribution in [0.25, 0.3) is 11.1 Å². The quantitative estimate of drug-likeness (QED) is 0.907. The molecule has 1 unspecified atom stereocenters. The van der Waals surface area contributed by atoms with Gasteiger partial charge in [0.25, 0.3) is 0 Å². The van der Waals surface area contributed by atoms with Gasteiger partial charge in [-0.25, -0.2) is 0 Å². The molecule has 1 fully saturated rings. The van der Waals surface area contributed by atoms with E-state index in [1.807, 2.05) is 11.7 Å². The summed E-state index contributed by atoms with van der Waals surface area (Å²) in [4.78, 5) is 0. The van der Waals surface area contributed by atoms with E-state index in [2.05, 4.69) is 43.4 Å². The van der Waals surface area contributed by atoms with Crippen molar-refractivity contribution in [1.82, 2.24) is 15.1 Å². The number of benzene rings is 1. The van der Waals surface area contributed by atoms with Crippen LogP contribution in [0.4, 0.5) is 0 Å². The van der Waals surface area contributed by atoms with Gasteiger partial charge in [-0.1, -0.05) is 29.8 Å².